The predicted octanol–water partition coefficient (Wildman–Crippen LogP) is 1.52. The standard InChI is InChI=1S/C15H17NO3/c1-2-19-15(18)10-9-14(17)13-7-5-12(6-8-13)4-3-11-16/h5-8H,2,9-11,16H2,1H3. The molecule has 0 saturated heterocycles. The van der Waals surface area contributed by atoms with E-state index in [0.717, 1.165) is 5.56 Å². The zero-order chi connectivity index (χ0) is 14.1. The number of carbonyl (C=O) groups excluding carboxylic acids is 2. The number of esters is 1. The molecule has 0 aliphatic carbocycles. The van der Waals surface area contributed by atoms with Crippen molar-refractivity contribution in [1.82, 2.24) is 0 Å². The van der Waals surface area contributed by atoms with Crippen LogP contribution in [-0.2, 0) is 9.53 Å². The van der Waals surface area contributed by atoms with E-state index in [4.69, 9.17) is 10.5 Å². The van der Waals surface area contributed by atoms with E-state index in [2.05, 4.69) is 11.8 Å². The fraction of sp³-hybridized carbons (Fsp3) is 0.333. The Bertz CT molecular complexity index is 494. The number of carbonyl (C=O) groups is 2. The van der Waals surface area contributed by atoms with Crippen molar-refractivity contribution < 1.29 is 14.3 Å². The lowest BCUT2D eigenvalue weighted by Crippen LogP contribution is -2.07. The molecule has 0 aliphatic rings. The summed E-state index contributed by atoms with van der Waals surface area (Å²) in [5, 5.41) is 0. The lowest BCUT2D eigenvalue weighted by Gasteiger charge is -2.02. The van der Waals surface area contributed by atoms with Crippen LogP contribution >= 0.6 is 0 Å². The molecule has 0 saturated carbocycles. The van der Waals surface area contributed by atoms with E-state index in [1.54, 1.807) is 31.2 Å². The molecule has 1 aromatic rings. The summed E-state index contributed by atoms with van der Waals surface area (Å²) >= 11 is 0. The Morgan fingerprint density at radius 2 is 1.89 bits per heavy atom. The van der Waals surface area contributed by atoms with Crippen LogP contribution in [0.1, 0.15) is 35.7 Å². The van der Waals surface area contributed by atoms with Gasteiger partial charge in [0.25, 0.3) is 0 Å². The Balaban J connectivity index is 2.55. The SMILES string of the molecule is CCOC(=O)CCC(=O)c1ccc(C#CCN)cc1. The molecule has 0 spiro atoms. The highest BCUT2D eigenvalue weighted by atomic mass is 16.5. The Morgan fingerprint density at radius 3 is 2.47 bits per heavy atom. The monoisotopic (exact) mass is 259 g/mol. The molecule has 0 bridgehead atoms. The zero-order valence-electron chi connectivity index (χ0n) is 10.9. The number of ketones is 1. The number of benzene rings is 1. The van der Waals surface area contributed by atoms with Gasteiger partial charge in [0, 0.05) is 17.5 Å². The second-order valence-corrected chi connectivity index (χ2v) is 3.81. The van der Waals surface area contributed by atoms with Crippen LogP contribution in [0.5, 0.6) is 0 Å². The minimum atomic E-state index is -0.346. The second kappa shape index (κ2) is 8.06. The molecule has 100 valence electrons. The van der Waals surface area contributed by atoms with Crippen molar-refractivity contribution in [2.75, 3.05) is 13.2 Å². The lowest BCUT2D eigenvalue weighted by molar-refractivity contribution is -0.143. The van der Waals surface area contributed by atoms with Gasteiger partial charge >= 0.3 is 5.97 Å². The Labute approximate surface area is 112 Å². The first-order chi connectivity index (χ1) is 9.17. The molecule has 1 aromatic carbocycles. The minimum absolute atomic E-state index is 0.0774. The Kier molecular flexibility index (Phi) is 6.34. The van der Waals surface area contributed by atoms with Gasteiger partial charge < -0.3 is 10.5 Å². The summed E-state index contributed by atoms with van der Waals surface area (Å²) in [5.41, 5.74) is 6.66. The van der Waals surface area contributed by atoms with Crippen LogP contribution in [0.3, 0.4) is 0 Å². The van der Waals surface area contributed by atoms with Crippen molar-refractivity contribution in [3.05, 3.63) is 35.4 Å². The van der Waals surface area contributed by atoms with Crippen LogP contribution in [-0.4, -0.2) is 24.9 Å². The van der Waals surface area contributed by atoms with Crippen LogP contribution in [0, 0.1) is 11.8 Å². The molecular weight excluding hydrogens is 242 g/mol. The maximum absolute atomic E-state index is 11.8. The molecule has 0 amide bonds. The molecule has 0 fully saturated rings. The summed E-state index contributed by atoms with van der Waals surface area (Å²) < 4.78 is 4.77. The van der Waals surface area contributed by atoms with Crippen molar-refractivity contribution >= 4 is 11.8 Å². The molecule has 0 atom stereocenters. The molecule has 0 unspecified atom stereocenters. The van der Waals surface area contributed by atoms with E-state index in [0.29, 0.717) is 18.7 Å². The van der Waals surface area contributed by atoms with Crippen LogP contribution < -0.4 is 5.73 Å². The summed E-state index contributed by atoms with van der Waals surface area (Å²) in [4.78, 5) is 23.0. The van der Waals surface area contributed by atoms with Crippen molar-refractivity contribution in [3.8, 4) is 11.8 Å². The number of ether oxygens (including phenoxy) is 1. The first-order valence-electron chi connectivity index (χ1n) is 6.15. The van der Waals surface area contributed by atoms with Crippen molar-refractivity contribution in [1.29, 1.82) is 0 Å². The number of Topliss-reactive ketones (excluding diaryl/α,β-unsaturated/α-hetero) is 1. The zero-order valence-corrected chi connectivity index (χ0v) is 10.9. The average Bonchev–Trinajstić information content (AvgIpc) is 2.43. The van der Waals surface area contributed by atoms with Gasteiger partial charge in [-0.25, -0.2) is 0 Å². The number of rotatable bonds is 5. The van der Waals surface area contributed by atoms with Gasteiger partial charge in [-0.15, -0.1) is 0 Å². The van der Waals surface area contributed by atoms with Gasteiger partial charge in [0.15, 0.2) is 5.78 Å². The summed E-state index contributed by atoms with van der Waals surface area (Å²) in [6, 6.07) is 6.93. The normalized spacial score (nSPS) is 9.37. The van der Waals surface area contributed by atoms with E-state index in [1.807, 2.05) is 0 Å². The lowest BCUT2D eigenvalue weighted by atomic mass is 10.0. The third-order valence-electron chi connectivity index (χ3n) is 2.40. The third-order valence-corrected chi connectivity index (χ3v) is 2.40. The largest absolute Gasteiger partial charge is 0.466 e. The highest BCUT2D eigenvalue weighted by Crippen LogP contribution is 2.08. The van der Waals surface area contributed by atoms with E-state index < -0.39 is 0 Å². The molecule has 19 heavy (non-hydrogen) atoms. The fourth-order valence-corrected chi connectivity index (χ4v) is 1.49. The fourth-order valence-electron chi connectivity index (χ4n) is 1.49. The quantitative estimate of drug-likeness (QED) is 0.494. The summed E-state index contributed by atoms with van der Waals surface area (Å²) in [5.74, 6) is 5.19. The Morgan fingerprint density at radius 1 is 1.21 bits per heavy atom. The minimum Gasteiger partial charge on any atom is -0.466 e. The van der Waals surface area contributed by atoms with Crippen molar-refractivity contribution in [2.24, 2.45) is 5.73 Å². The van der Waals surface area contributed by atoms with E-state index in [1.165, 1.54) is 0 Å². The maximum Gasteiger partial charge on any atom is 0.306 e. The maximum atomic E-state index is 11.8. The van der Waals surface area contributed by atoms with Gasteiger partial charge in [-0.1, -0.05) is 24.0 Å². The summed E-state index contributed by atoms with van der Waals surface area (Å²) in [7, 11) is 0. The first kappa shape index (κ1) is 14.9. The number of nitrogens with two attached hydrogens (primary N) is 1. The summed E-state index contributed by atoms with van der Waals surface area (Å²) in [6.07, 6.45) is 0.272. The molecule has 1 rings (SSSR count). The molecule has 0 aliphatic heterocycles. The number of hydrogen-bond donors (Lipinski definition) is 1. The second-order valence-electron chi connectivity index (χ2n) is 3.81. The van der Waals surface area contributed by atoms with Gasteiger partial charge in [-0.05, 0) is 19.1 Å². The number of hydrogen-bond acceptors (Lipinski definition) is 4. The van der Waals surface area contributed by atoms with Crippen LogP contribution in [0.25, 0.3) is 0 Å². The van der Waals surface area contributed by atoms with E-state index in [-0.39, 0.29) is 24.6 Å². The van der Waals surface area contributed by atoms with Crippen molar-refractivity contribution in [3.63, 3.8) is 0 Å². The van der Waals surface area contributed by atoms with Gasteiger partial charge in [0.1, 0.15) is 0 Å². The van der Waals surface area contributed by atoms with E-state index in [9.17, 15) is 9.59 Å². The molecule has 4 nitrogen and oxygen atoms in total. The van der Waals surface area contributed by atoms with Gasteiger partial charge in [0.05, 0.1) is 19.6 Å². The third kappa shape index (κ3) is 5.36. The molecule has 0 heterocycles. The van der Waals surface area contributed by atoms with Gasteiger partial charge in [0.2, 0.25) is 0 Å². The smallest absolute Gasteiger partial charge is 0.306 e. The average molecular weight is 259 g/mol. The highest BCUT2D eigenvalue weighted by molar-refractivity contribution is 5.97. The van der Waals surface area contributed by atoms with Crippen molar-refractivity contribution in [2.45, 2.75) is 19.8 Å². The highest BCUT2D eigenvalue weighted by Gasteiger charge is 2.09. The molecular formula is C15H17NO3. The molecule has 2 N–H and O–H groups in total. The first-order valence-corrected chi connectivity index (χ1v) is 6.15. The van der Waals surface area contributed by atoms with Crippen LogP contribution in [0.4, 0.5) is 0 Å². The van der Waals surface area contributed by atoms with E-state index >= 15 is 0 Å². The van der Waals surface area contributed by atoms with Crippen LogP contribution in [0.2, 0.25) is 0 Å². The van der Waals surface area contributed by atoms with Gasteiger partial charge in [-0.3, -0.25) is 9.59 Å². The molecule has 0 radical (unpaired) electrons. The topological polar surface area (TPSA) is 69.4 Å². The predicted molar refractivity (Wildman–Crippen MR) is 72.6 cm³/mol. The molecule has 4 heteroatoms. The summed E-state index contributed by atoms with van der Waals surface area (Å²) in [6.45, 7) is 2.38. The van der Waals surface area contributed by atoms with Gasteiger partial charge in [-0.2, -0.15) is 0 Å². The van der Waals surface area contributed by atoms with Crippen LogP contribution in [0.15, 0.2) is 24.3 Å². The molecule has 0 aromatic heterocycles. The Hall–Kier alpha value is -2.12.